The summed E-state index contributed by atoms with van der Waals surface area (Å²) in [5, 5.41) is 16.2. The normalized spacial score (nSPS) is 10.9. The van der Waals surface area contributed by atoms with Crippen molar-refractivity contribution in [3.8, 4) is 0 Å². The third kappa shape index (κ3) is 5.40. The van der Waals surface area contributed by atoms with Gasteiger partial charge in [0.05, 0.1) is 30.2 Å². The van der Waals surface area contributed by atoms with Gasteiger partial charge in [0.1, 0.15) is 10.8 Å². The van der Waals surface area contributed by atoms with Crippen LogP contribution in [0.2, 0.25) is 5.02 Å². The lowest BCUT2D eigenvalue weighted by Gasteiger charge is -2.11. The molecule has 9 heteroatoms. The second-order valence-corrected chi connectivity index (χ2v) is 8.67. The largest absolute Gasteiger partial charge is 0.329 e. The monoisotopic (exact) mass is 482 g/mol. The van der Waals surface area contributed by atoms with Gasteiger partial charge in [-0.1, -0.05) is 48.0 Å². The van der Waals surface area contributed by atoms with Crippen molar-refractivity contribution in [1.29, 1.82) is 0 Å². The average molecular weight is 483 g/mol. The number of hydrogen-bond acceptors (Lipinski definition) is 3. The number of thiocarbonyl (C=S) groups is 1. The van der Waals surface area contributed by atoms with E-state index in [1.54, 1.807) is 23.0 Å². The summed E-state index contributed by atoms with van der Waals surface area (Å²) in [6, 6.07) is 14.5. The Morgan fingerprint density at radius 2 is 1.73 bits per heavy atom. The molecule has 0 aliphatic rings. The van der Waals surface area contributed by atoms with Crippen molar-refractivity contribution in [3.63, 3.8) is 0 Å². The number of nitrogens with one attached hydrogen (secondary N) is 2. The quantitative estimate of drug-likeness (QED) is 0.345. The summed E-state index contributed by atoms with van der Waals surface area (Å²) in [6.45, 7) is 7.19. The van der Waals surface area contributed by atoms with E-state index < -0.39 is 0 Å². The van der Waals surface area contributed by atoms with Crippen LogP contribution in [-0.2, 0) is 13.1 Å². The number of aryl methyl sites for hydroxylation is 2. The molecule has 0 spiro atoms. The molecule has 0 amide bonds. The molecule has 2 aromatic carbocycles. The molecule has 0 unspecified atom stereocenters. The summed E-state index contributed by atoms with van der Waals surface area (Å²) in [6.07, 6.45) is 1.70. The van der Waals surface area contributed by atoms with Gasteiger partial charge in [0.15, 0.2) is 10.9 Å². The zero-order chi connectivity index (χ0) is 23.5. The number of halogens is 2. The van der Waals surface area contributed by atoms with Gasteiger partial charge < -0.3 is 10.6 Å². The fraction of sp³-hybridized carbons (Fsp3) is 0.208. The number of aromatic nitrogens is 4. The molecule has 0 aliphatic carbocycles. The predicted octanol–water partition coefficient (Wildman–Crippen LogP) is 5.70. The Bertz CT molecular complexity index is 1300. The molecule has 4 rings (SSSR count). The molecule has 0 saturated carbocycles. The summed E-state index contributed by atoms with van der Waals surface area (Å²) in [4.78, 5) is 0. The SMILES string of the molecule is Cc1ccccc1Cn1nc(C)c(NC(=S)Nc2nn(Cc3ccc(F)cc3)cc2Cl)c1C. The first-order valence-corrected chi connectivity index (χ1v) is 11.2. The van der Waals surface area contributed by atoms with Crippen molar-refractivity contribution in [3.05, 3.63) is 93.6 Å². The molecule has 6 nitrogen and oxygen atoms in total. The van der Waals surface area contributed by atoms with E-state index in [0.29, 0.717) is 29.0 Å². The van der Waals surface area contributed by atoms with Gasteiger partial charge in [-0.25, -0.2) is 4.39 Å². The van der Waals surface area contributed by atoms with Gasteiger partial charge in [0.25, 0.3) is 0 Å². The first-order valence-electron chi connectivity index (χ1n) is 10.4. The Hall–Kier alpha value is -3.23. The van der Waals surface area contributed by atoms with E-state index in [1.165, 1.54) is 23.3 Å². The van der Waals surface area contributed by atoms with Gasteiger partial charge in [0, 0.05) is 6.20 Å². The van der Waals surface area contributed by atoms with Crippen molar-refractivity contribution < 1.29 is 4.39 Å². The minimum atomic E-state index is -0.274. The summed E-state index contributed by atoms with van der Waals surface area (Å²) in [7, 11) is 0. The smallest absolute Gasteiger partial charge is 0.176 e. The van der Waals surface area contributed by atoms with Crippen LogP contribution in [0.5, 0.6) is 0 Å². The molecule has 170 valence electrons. The summed E-state index contributed by atoms with van der Waals surface area (Å²) in [5.74, 6) is 0.169. The first kappa shape index (κ1) is 22.9. The van der Waals surface area contributed by atoms with Crippen molar-refractivity contribution in [2.75, 3.05) is 10.6 Å². The van der Waals surface area contributed by atoms with E-state index in [-0.39, 0.29) is 5.82 Å². The summed E-state index contributed by atoms with van der Waals surface area (Å²) >= 11 is 11.8. The fourth-order valence-corrected chi connectivity index (χ4v) is 3.97. The summed E-state index contributed by atoms with van der Waals surface area (Å²) < 4.78 is 16.8. The highest BCUT2D eigenvalue weighted by Gasteiger charge is 2.15. The van der Waals surface area contributed by atoms with Gasteiger partial charge in [-0.2, -0.15) is 10.2 Å². The van der Waals surface area contributed by atoms with Crippen LogP contribution >= 0.6 is 23.8 Å². The molecule has 0 bridgehead atoms. The molecule has 2 N–H and O–H groups in total. The molecular weight excluding hydrogens is 459 g/mol. The van der Waals surface area contributed by atoms with Gasteiger partial charge in [0.2, 0.25) is 0 Å². The van der Waals surface area contributed by atoms with Gasteiger partial charge >= 0.3 is 0 Å². The molecule has 0 radical (unpaired) electrons. The molecule has 2 heterocycles. The van der Waals surface area contributed by atoms with Crippen LogP contribution in [0, 0.1) is 26.6 Å². The highest BCUT2D eigenvalue weighted by atomic mass is 35.5. The maximum atomic E-state index is 13.1. The maximum Gasteiger partial charge on any atom is 0.176 e. The minimum absolute atomic E-state index is 0.274. The molecule has 33 heavy (non-hydrogen) atoms. The zero-order valence-electron chi connectivity index (χ0n) is 18.6. The van der Waals surface area contributed by atoms with Crippen LogP contribution in [0.15, 0.2) is 54.7 Å². The Labute approximate surface area is 202 Å². The molecule has 0 saturated heterocycles. The van der Waals surface area contributed by atoms with Crippen LogP contribution < -0.4 is 10.6 Å². The van der Waals surface area contributed by atoms with E-state index in [1.807, 2.05) is 30.7 Å². The van der Waals surface area contributed by atoms with Crippen LogP contribution in [0.1, 0.15) is 28.1 Å². The molecule has 0 fully saturated rings. The standard InChI is InChI=1S/C24H24ClFN6S/c1-15-6-4-5-7-19(15)13-32-17(3)22(16(2)29-32)27-24(33)28-23-21(25)14-31(30-23)12-18-8-10-20(26)11-9-18/h4-11,14H,12-13H2,1-3H3,(H2,27,28,30,33). The second kappa shape index (κ2) is 9.72. The van der Waals surface area contributed by atoms with Crippen LogP contribution in [-0.4, -0.2) is 24.7 Å². The lowest BCUT2D eigenvalue weighted by molar-refractivity contribution is 0.624. The highest BCUT2D eigenvalue weighted by molar-refractivity contribution is 7.80. The zero-order valence-corrected chi connectivity index (χ0v) is 20.1. The van der Waals surface area contributed by atoms with Crippen LogP contribution in [0.25, 0.3) is 0 Å². The highest BCUT2D eigenvalue weighted by Crippen LogP contribution is 2.23. The maximum absolute atomic E-state index is 13.1. The topological polar surface area (TPSA) is 59.7 Å². The van der Waals surface area contributed by atoms with Crippen molar-refractivity contribution >= 4 is 40.4 Å². The molecule has 0 atom stereocenters. The van der Waals surface area contributed by atoms with Gasteiger partial charge in [-0.3, -0.25) is 9.36 Å². The Balaban J connectivity index is 1.44. The molecule has 0 aliphatic heterocycles. The Kier molecular flexibility index (Phi) is 6.76. The fourth-order valence-electron chi connectivity index (χ4n) is 3.57. The van der Waals surface area contributed by atoms with Gasteiger partial charge in [-0.15, -0.1) is 0 Å². The van der Waals surface area contributed by atoms with Crippen molar-refractivity contribution in [2.24, 2.45) is 0 Å². The van der Waals surface area contributed by atoms with E-state index in [4.69, 9.17) is 23.8 Å². The molecular formula is C24H24ClFN6S. The molecule has 4 aromatic rings. The van der Waals surface area contributed by atoms with E-state index in [9.17, 15) is 4.39 Å². The van der Waals surface area contributed by atoms with Crippen LogP contribution in [0.4, 0.5) is 15.9 Å². The van der Waals surface area contributed by atoms with Crippen LogP contribution in [0.3, 0.4) is 0 Å². The number of anilines is 2. The first-order chi connectivity index (χ1) is 15.8. The lowest BCUT2D eigenvalue weighted by atomic mass is 10.1. The van der Waals surface area contributed by atoms with E-state index in [2.05, 4.69) is 39.9 Å². The van der Waals surface area contributed by atoms with Crippen molar-refractivity contribution in [2.45, 2.75) is 33.9 Å². The van der Waals surface area contributed by atoms with Gasteiger partial charge in [-0.05, 0) is 61.8 Å². The Morgan fingerprint density at radius 1 is 1.00 bits per heavy atom. The summed E-state index contributed by atoms with van der Waals surface area (Å²) in [5.41, 5.74) is 6.03. The second-order valence-electron chi connectivity index (χ2n) is 7.86. The number of rotatable bonds is 6. The predicted molar refractivity (Wildman–Crippen MR) is 135 cm³/mol. The number of hydrogen-bond donors (Lipinski definition) is 2. The third-order valence-corrected chi connectivity index (χ3v) is 5.89. The molecule has 2 aromatic heterocycles. The average Bonchev–Trinajstić information content (AvgIpc) is 3.24. The lowest BCUT2D eigenvalue weighted by Crippen LogP contribution is -2.20. The third-order valence-electron chi connectivity index (χ3n) is 5.41. The Morgan fingerprint density at radius 3 is 2.45 bits per heavy atom. The van der Waals surface area contributed by atoms with E-state index in [0.717, 1.165) is 22.6 Å². The van der Waals surface area contributed by atoms with E-state index >= 15 is 0 Å². The minimum Gasteiger partial charge on any atom is -0.329 e. The number of nitrogens with zero attached hydrogens (tertiary/aromatic N) is 4. The van der Waals surface area contributed by atoms with Crippen molar-refractivity contribution in [1.82, 2.24) is 19.6 Å². The number of benzene rings is 2.